The summed E-state index contributed by atoms with van der Waals surface area (Å²) in [6.07, 6.45) is 17.7. The average molecular weight is 764 g/mol. The molecule has 0 N–H and O–H groups in total. The second kappa shape index (κ2) is 14.3. The monoisotopic (exact) mass is 763 g/mol. The molecule has 2 heteroatoms. The maximum absolute atomic E-state index is 6.66. The van der Waals surface area contributed by atoms with Crippen LogP contribution in [0.5, 0.6) is 5.75 Å². The number of allylic oxidation sites excluding steroid dienone is 8. The SMILES string of the molecule is C/C=C\C/C=C1\CC2(c3ccccc31)c1ccccc1-c1c(N(c3ccc4c(c3)C(C)(C)c3ccccc3-4)c3cccc4c3/C3=C/C=C=C/C=C(\C3)O4)cccc12.CC. The lowest BCUT2D eigenvalue weighted by Gasteiger charge is -2.34. The summed E-state index contributed by atoms with van der Waals surface area (Å²) >= 11 is 0. The summed E-state index contributed by atoms with van der Waals surface area (Å²) in [4.78, 5) is 2.54. The number of rotatable bonds is 5. The van der Waals surface area contributed by atoms with Crippen LogP contribution in [-0.2, 0) is 10.8 Å². The molecule has 0 saturated heterocycles. The molecule has 59 heavy (non-hydrogen) atoms. The van der Waals surface area contributed by atoms with Gasteiger partial charge in [-0.15, -0.1) is 5.73 Å². The van der Waals surface area contributed by atoms with Gasteiger partial charge in [0.05, 0.1) is 16.8 Å². The molecule has 1 spiro atoms. The standard InChI is InChI=1S/C55H43NO.C2H6/c1-4-5-7-19-37-35-55(45-25-14-10-21-40(37)45)46-26-15-12-23-43(46)53-47(55)27-16-28-50(53)56(38-31-32-42-41-22-11-13-24-44(41)54(2,3)48(42)34-38)49-29-17-30-51-52(49)36-18-8-6-9-20-39(33-36)57-51;1-2/h4-5,8-32,34H,7,33,35H2,1-3H3;1-2H3/b5-4-,36-18+,37-19+,39-20+;. The van der Waals surface area contributed by atoms with Crippen molar-refractivity contribution in [3.05, 3.63) is 220 Å². The summed E-state index contributed by atoms with van der Waals surface area (Å²) in [7, 11) is 0. The smallest absolute Gasteiger partial charge is 0.136 e. The minimum atomic E-state index is -0.300. The van der Waals surface area contributed by atoms with Gasteiger partial charge >= 0.3 is 0 Å². The number of hydrogen-bond acceptors (Lipinski definition) is 2. The summed E-state index contributed by atoms with van der Waals surface area (Å²) < 4.78 is 6.66. The molecule has 1 heterocycles. The Hall–Kier alpha value is -6.60. The van der Waals surface area contributed by atoms with Gasteiger partial charge in [0.25, 0.3) is 0 Å². The van der Waals surface area contributed by atoms with Crippen molar-refractivity contribution < 1.29 is 4.74 Å². The molecular weight excluding hydrogens is 715 g/mol. The van der Waals surface area contributed by atoms with Crippen molar-refractivity contribution in [3.8, 4) is 28.0 Å². The quantitative estimate of drug-likeness (QED) is 0.128. The van der Waals surface area contributed by atoms with Crippen LogP contribution in [0.15, 0.2) is 181 Å². The number of anilines is 3. The van der Waals surface area contributed by atoms with Gasteiger partial charge in [0, 0.05) is 28.7 Å². The third-order valence-electron chi connectivity index (χ3n) is 13.1. The van der Waals surface area contributed by atoms with E-state index in [0.717, 1.165) is 47.7 Å². The number of nitrogens with zero attached hydrogens (tertiary/aromatic N) is 1. The lowest BCUT2D eigenvalue weighted by atomic mass is 9.73. The van der Waals surface area contributed by atoms with E-state index in [0.29, 0.717) is 0 Å². The maximum Gasteiger partial charge on any atom is 0.136 e. The van der Waals surface area contributed by atoms with Crippen molar-refractivity contribution in [3.63, 3.8) is 0 Å². The van der Waals surface area contributed by atoms with Crippen LogP contribution >= 0.6 is 0 Å². The molecule has 1 atom stereocenters. The van der Waals surface area contributed by atoms with Crippen molar-refractivity contribution >= 4 is 28.2 Å². The molecule has 2 nitrogen and oxygen atoms in total. The molecule has 11 rings (SSSR count). The van der Waals surface area contributed by atoms with E-state index in [4.69, 9.17) is 4.74 Å². The molecule has 0 aromatic heterocycles. The van der Waals surface area contributed by atoms with Crippen LogP contribution in [0.3, 0.4) is 0 Å². The largest absolute Gasteiger partial charge is 0.461 e. The van der Waals surface area contributed by atoms with Crippen molar-refractivity contribution in [1.82, 2.24) is 0 Å². The van der Waals surface area contributed by atoms with Crippen molar-refractivity contribution in [2.75, 3.05) is 4.90 Å². The van der Waals surface area contributed by atoms with Gasteiger partial charge in [0.1, 0.15) is 11.5 Å². The van der Waals surface area contributed by atoms with Crippen LogP contribution in [0, 0.1) is 0 Å². The molecule has 1 aliphatic heterocycles. The average Bonchev–Trinajstić information content (AvgIpc) is 3.84. The van der Waals surface area contributed by atoms with E-state index in [9.17, 15) is 0 Å². The van der Waals surface area contributed by atoms with E-state index in [1.807, 2.05) is 32.1 Å². The zero-order valence-corrected chi connectivity index (χ0v) is 34.6. The molecule has 288 valence electrons. The van der Waals surface area contributed by atoms with E-state index < -0.39 is 0 Å². The zero-order chi connectivity index (χ0) is 40.3. The Morgan fingerprint density at radius 1 is 0.644 bits per heavy atom. The van der Waals surface area contributed by atoms with E-state index in [-0.39, 0.29) is 10.8 Å². The Balaban J connectivity index is 0.00000207. The Labute approximate surface area is 349 Å². The summed E-state index contributed by atoms with van der Waals surface area (Å²) in [5, 5.41) is 0. The fourth-order valence-corrected chi connectivity index (χ4v) is 10.6. The lowest BCUT2D eigenvalue weighted by Crippen LogP contribution is -2.23. The highest BCUT2D eigenvalue weighted by molar-refractivity contribution is 6.01. The second-order valence-electron chi connectivity index (χ2n) is 16.4. The number of benzene rings is 6. The topological polar surface area (TPSA) is 12.5 Å². The summed E-state index contributed by atoms with van der Waals surface area (Å²) in [5.41, 5.74) is 23.5. The highest BCUT2D eigenvalue weighted by Crippen LogP contribution is 2.64. The van der Waals surface area contributed by atoms with Gasteiger partial charge in [-0.1, -0.05) is 149 Å². The zero-order valence-electron chi connectivity index (χ0n) is 34.6. The molecule has 5 aliphatic rings. The molecular formula is C57H49NO. The number of fused-ring (bicyclic) bond motifs is 14. The van der Waals surface area contributed by atoms with Crippen LogP contribution in [0.1, 0.15) is 92.8 Å². The van der Waals surface area contributed by atoms with E-state index in [1.54, 1.807) is 0 Å². The van der Waals surface area contributed by atoms with Crippen LogP contribution in [-0.4, -0.2) is 0 Å². The molecule has 0 fully saturated rings. The molecule has 0 saturated carbocycles. The first-order valence-electron chi connectivity index (χ1n) is 21.3. The number of hydrogen-bond donors (Lipinski definition) is 0. The van der Waals surface area contributed by atoms with E-state index in [1.165, 1.54) is 72.5 Å². The first kappa shape index (κ1) is 36.7. The van der Waals surface area contributed by atoms with Crippen LogP contribution in [0.4, 0.5) is 17.1 Å². The summed E-state index contributed by atoms with van der Waals surface area (Å²) in [6, 6.07) is 48.0. The predicted molar refractivity (Wildman–Crippen MR) is 248 cm³/mol. The molecule has 0 amide bonds. The molecule has 6 aromatic carbocycles. The lowest BCUT2D eigenvalue weighted by molar-refractivity contribution is 0.407. The fourth-order valence-electron chi connectivity index (χ4n) is 10.6. The Morgan fingerprint density at radius 3 is 2.08 bits per heavy atom. The highest BCUT2D eigenvalue weighted by Gasteiger charge is 2.51. The summed E-state index contributed by atoms with van der Waals surface area (Å²) in [6.45, 7) is 10.8. The van der Waals surface area contributed by atoms with Gasteiger partial charge < -0.3 is 9.64 Å². The van der Waals surface area contributed by atoms with Gasteiger partial charge in [-0.05, 0) is 130 Å². The fraction of sp³-hybridized carbons (Fsp3) is 0.175. The van der Waals surface area contributed by atoms with Crippen LogP contribution < -0.4 is 9.64 Å². The summed E-state index contributed by atoms with van der Waals surface area (Å²) in [5.74, 6) is 1.81. The van der Waals surface area contributed by atoms with E-state index in [2.05, 4.69) is 183 Å². The van der Waals surface area contributed by atoms with Gasteiger partial charge in [-0.3, -0.25) is 0 Å². The second-order valence-corrected chi connectivity index (χ2v) is 16.4. The third kappa shape index (κ3) is 5.47. The molecule has 0 radical (unpaired) electrons. The van der Waals surface area contributed by atoms with Gasteiger partial charge in [-0.25, -0.2) is 0 Å². The molecule has 2 bridgehead atoms. The van der Waals surface area contributed by atoms with Crippen molar-refractivity contribution in [2.24, 2.45) is 0 Å². The normalized spacial score (nSPS) is 20.4. The third-order valence-corrected chi connectivity index (χ3v) is 13.1. The van der Waals surface area contributed by atoms with Crippen molar-refractivity contribution in [1.29, 1.82) is 0 Å². The Morgan fingerprint density at radius 2 is 1.29 bits per heavy atom. The number of ether oxygens (including phenoxy) is 1. The van der Waals surface area contributed by atoms with Crippen LogP contribution in [0.2, 0.25) is 0 Å². The maximum atomic E-state index is 6.66. The van der Waals surface area contributed by atoms with Gasteiger partial charge in [0.2, 0.25) is 0 Å². The predicted octanol–water partition coefficient (Wildman–Crippen LogP) is 15.3. The molecule has 4 aliphatic carbocycles. The van der Waals surface area contributed by atoms with E-state index >= 15 is 0 Å². The molecule has 6 aromatic rings. The minimum absolute atomic E-state index is 0.149. The van der Waals surface area contributed by atoms with Gasteiger partial charge in [-0.2, -0.15) is 0 Å². The van der Waals surface area contributed by atoms with Gasteiger partial charge in [0.15, 0.2) is 0 Å². The highest BCUT2D eigenvalue weighted by atomic mass is 16.5. The van der Waals surface area contributed by atoms with Crippen molar-refractivity contribution in [2.45, 2.75) is 64.7 Å². The van der Waals surface area contributed by atoms with Crippen LogP contribution in [0.25, 0.3) is 33.4 Å². The molecule has 1 unspecified atom stereocenters. The Bertz CT molecular complexity index is 2890. The first-order chi connectivity index (χ1) is 29.0. The Kier molecular flexibility index (Phi) is 8.93. The minimum Gasteiger partial charge on any atom is -0.461 e. The first-order valence-corrected chi connectivity index (χ1v) is 21.3.